The molecule has 1 aliphatic rings. The lowest BCUT2D eigenvalue weighted by molar-refractivity contribution is -0.139. The molecule has 2 rings (SSSR count). The Morgan fingerprint density at radius 1 is 1.38 bits per heavy atom. The van der Waals surface area contributed by atoms with Crippen molar-refractivity contribution in [3.63, 3.8) is 0 Å². The number of ether oxygens (including phenoxy) is 1. The van der Waals surface area contributed by atoms with E-state index in [-0.39, 0.29) is 12.5 Å². The number of nitrogens with one attached hydrogen (secondary N) is 1. The molecule has 0 heterocycles. The Balaban J connectivity index is 2.23. The number of nitrogens with zero attached hydrogens (tertiary/aromatic N) is 1. The number of carbonyl (C=O) groups is 3. The molecule has 1 aromatic carbocycles. The van der Waals surface area contributed by atoms with Gasteiger partial charge in [-0.3, -0.25) is 19.8 Å². The van der Waals surface area contributed by atoms with Gasteiger partial charge < -0.3 is 9.84 Å². The third-order valence-electron chi connectivity index (χ3n) is 4.78. The van der Waals surface area contributed by atoms with Crippen molar-refractivity contribution >= 4 is 29.4 Å². The first-order valence-corrected chi connectivity index (χ1v) is 8.83. The molecule has 0 saturated heterocycles. The number of amides is 1. The lowest BCUT2D eigenvalue weighted by atomic mass is 9.74. The maximum atomic E-state index is 12.9. The van der Waals surface area contributed by atoms with E-state index >= 15 is 0 Å². The van der Waals surface area contributed by atoms with E-state index in [0.29, 0.717) is 23.4 Å². The topological polar surface area (TPSA) is 95.9 Å². The van der Waals surface area contributed by atoms with Crippen LogP contribution in [0.2, 0.25) is 5.02 Å². The Labute approximate surface area is 157 Å². The third kappa shape index (κ3) is 3.99. The van der Waals surface area contributed by atoms with Crippen LogP contribution in [0.25, 0.3) is 0 Å². The van der Waals surface area contributed by atoms with Crippen molar-refractivity contribution in [2.24, 2.45) is 0 Å². The minimum atomic E-state index is -1.17. The van der Waals surface area contributed by atoms with Crippen molar-refractivity contribution in [1.82, 2.24) is 10.2 Å². The van der Waals surface area contributed by atoms with Gasteiger partial charge in [-0.1, -0.05) is 29.8 Å². The van der Waals surface area contributed by atoms with Crippen LogP contribution in [-0.2, 0) is 19.9 Å². The highest BCUT2D eigenvalue weighted by atomic mass is 35.5. The summed E-state index contributed by atoms with van der Waals surface area (Å²) in [7, 11) is 1.51. The monoisotopic (exact) mass is 382 g/mol. The van der Waals surface area contributed by atoms with Crippen LogP contribution in [0.5, 0.6) is 0 Å². The summed E-state index contributed by atoms with van der Waals surface area (Å²) < 4.78 is 5.13. The summed E-state index contributed by atoms with van der Waals surface area (Å²) in [4.78, 5) is 37.5. The zero-order valence-corrected chi connectivity index (χ0v) is 15.6. The van der Waals surface area contributed by atoms with Gasteiger partial charge in [-0.15, -0.1) is 0 Å². The number of carbonyl (C=O) groups excluding carboxylic acids is 2. The number of rotatable bonds is 6. The first-order chi connectivity index (χ1) is 12.3. The fourth-order valence-electron chi connectivity index (χ4n) is 3.20. The molecule has 1 saturated carbocycles. The molecule has 1 aliphatic carbocycles. The molecule has 0 bridgehead atoms. The highest BCUT2D eigenvalue weighted by Crippen LogP contribution is 2.42. The SMILES string of the molecule is C[C@H](NCOC(=O)N(C)[C@]1(c2ccccc2Cl)CCCCC1=O)C(=O)O. The predicted molar refractivity (Wildman–Crippen MR) is 95.9 cm³/mol. The molecule has 0 aromatic heterocycles. The summed E-state index contributed by atoms with van der Waals surface area (Å²) in [5.41, 5.74) is -0.593. The Morgan fingerprint density at radius 3 is 2.69 bits per heavy atom. The van der Waals surface area contributed by atoms with E-state index in [1.165, 1.54) is 18.9 Å². The first-order valence-electron chi connectivity index (χ1n) is 8.45. The summed E-state index contributed by atoms with van der Waals surface area (Å²) >= 11 is 6.33. The van der Waals surface area contributed by atoms with E-state index in [4.69, 9.17) is 21.4 Å². The number of benzene rings is 1. The van der Waals surface area contributed by atoms with Crippen LogP contribution in [-0.4, -0.2) is 47.7 Å². The van der Waals surface area contributed by atoms with Gasteiger partial charge in [0.05, 0.1) is 0 Å². The van der Waals surface area contributed by atoms with Crippen LogP contribution < -0.4 is 5.32 Å². The maximum absolute atomic E-state index is 12.9. The van der Waals surface area contributed by atoms with Crippen LogP contribution in [0, 0.1) is 0 Å². The molecular weight excluding hydrogens is 360 g/mol. The normalized spacial score (nSPS) is 21.1. The lowest BCUT2D eigenvalue weighted by Gasteiger charge is -2.43. The summed E-state index contributed by atoms with van der Waals surface area (Å²) in [5, 5.41) is 11.8. The number of Topliss-reactive ketones (excluding diaryl/α,β-unsaturated/α-hetero) is 1. The van der Waals surface area contributed by atoms with E-state index in [1.807, 2.05) is 0 Å². The van der Waals surface area contributed by atoms with Gasteiger partial charge in [0.25, 0.3) is 0 Å². The second kappa shape index (κ2) is 8.51. The lowest BCUT2D eigenvalue weighted by Crippen LogP contribution is -2.54. The highest BCUT2D eigenvalue weighted by Gasteiger charge is 2.48. The average Bonchev–Trinajstić information content (AvgIpc) is 2.62. The van der Waals surface area contributed by atoms with Gasteiger partial charge >= 0.3 is 12.1 Å². The molecule has 1 fully saturated rings. The molecule has 0 spiro atoms. The summed E-state index contributed by atoms with van der Waals surface area (Å²) in [6, 6.07) is 6.13. The second-order valence-electron chi connectivity index (χ2n) is 6.35. The number of likely N-dealkylation sites (N-methyl/N-ethyl adjacent to an activating group) is 1. The van der Waals surface area contributed by atoms with Crippen molar-refractivity contribution in [3.8, 4) is 0 Å². The summed E-state index contributed by atoms with van der Waals surface area (Å²) in [6.07, 6.45) is 1.65. The Hall–Kier alpha value is -2.12. The van der Waals surface area contributed by atoms with Crippen LogP contribution >= 0.6 is 11.6 Å². The van der Waals surface area contributed by atoms with E-state index in [9.17, 15) is 14.4 Å². The minimum absolute atomic E-state index is 0.0804. The zero-order valence-electron chi connectivity index (χ0n) is 14.8. The van der Waals surface area contributed by atoms with E-state index in [1.54, 1.807) is 24.3 Å². The number of hydrogen-bond acceptors (Lipinski definition) is 5. The summed E-state index contributed by atoms with van der Waals surface area (Å²) in [5.74, 6) is -1.13. The number of carboxylic acids is 1. The molecule has 2 atom stereocenters. The maximum Gasteiger partial charge on any atom is 0.411 e. The minimum Gasteiger partial charge on any atom is -0.480 e. The fraction of sp³-hybridized carbons (Fsp3) is 0.500. The molecular formula is C18H23ClN2O5. The van der Waals surface area contributed by atoms with Crippen molar-refractivity contribution in [1.29, 1.82) is 0 Å². The first kappa shape index (κ1) is 20.2. The van der Waals surface area contributed by atoms with Crippen molar-refractivity contribution in [3.05, 3.63) is 34.9 Å². The fourth-order valence-corrected chi connectivity index (χ4v) is 3.49. The number of hydrogen-bond donors (Lipinski definition) is 2. The highest BCUT2D eigenvalue weighted by molar-refractivity contribution is 6.31. The number of ketones is 1. The molecule has 1 aromatic rings. The molecule has 2 N–H and O–H groups in total. The van der Waals surface area contributed by atoms with Crippen molar-refractivity contribution in [2.75, 3.05) is 13.8 Å². The standard InChI is InChI=1S/C18H23ClN2O5/c1-12(16(23)24)20-11-26-17(25)21(2)18(10-6-5-9-15(18)22)13-7-3-4-8-14(13)19/h3-4,7-8,12,20H,5-6,9-11H2,1-2H3,(H,23,24)/t12-,18-/m0/s1. The molecule has 26 heavy (non-hydrogen) atoms. The van der Waals surface area contributed by atoms with Crippen molar-refractivity contribution in [2.45, 2.75) is 44.2 Å². The van der Waals surface area contributed by atoms with Crippen LogP contribution in [0.15, 0.2) is 24.3 Å². The van der Waals surface area contributed by atoms with Gasteiger partial charge in [-0.2, -0.15) is 0 Å². The second-order valence-corrected chi connectivity index (χ2v) is 6.76. The average molecular weight is 383 g/mol. The van der Waals surface area contributed by atoms with E-state index < -0.39 is 23.6 Å². The third-order valence-corrected chi connectivity index (χ3v) is 5.10. The van der Waals surface area contributed by atoms with Gasteiger partial charge in [-0.25, -0.2) is 4.79 Å². The molecule has 8 heteroatoms. The van der Waals surface area contributed by atoms with Crippen LogP contribution in [0.4, 0.5) is 4.79 Å². The molecule has 0 radical (unpaired) electrons. The van der Waals surface area contributed by atoms with Gasteiger partial charge in [-0.05, 0) is 32.3 Å². The quantitative estimate of drug-likeness (QED) is 0.734. The van der Waals surface area contributed by atoms with E-state index in [0.717, 1.165) is 12.8 Å². The number of carboxylic acid groups (broad SMARTS) is 1. The Morgan fingerprint density at radius 2 is 2.08 bits per heavy atom. The zero-order chi connectivity index (χ0) is 19.3. The molecule has 0 aliphatic heterocycles. The van der Waals surface area contributed by atoms with Crippen molar-refractivity contribution < 1.29 is 24.2 Å². The predicted octanol–water partition coefficient (Wildman–Crippen LogP) is 2.77. The Kier molecular flexibility index (Phi) is 6.61. The number of halogens is 1. The van der Waals surface area contributed by atoms with Crippen LogP contribution in [0.3, 0.4) is 0 Å². The van der Waals surface area contributed by atoms with Gasteiger partial charge in [0.15, 0.2) is 5.78 Å². The largest absolute Gasteiger partial charge is 0.480 e. The molecule has 142 valence electrons. The van der Waals surface area contributed by atoms with E-state index in [2.05, 4.69) is 5.32 Å². The van der Waals surface area contributed by atoms with Gasteiger partial charge in [0, 0.05) is 24.1 Å². The Bertz CT molecular complexity index is 696. The molecule has 7 nitrogen and oxygen atoms in total. The van der Waals surface area contributed by atoms with Gasteiger partial charge in [0.2, 0.25) is 0 Å². The van der Waals surface area contributed by atoms with Gasteiger partial charge in [0.1, 0.15) is 18.3 Å². The number of aliphatic carboxylic acids is 1. The summed E-state index contributed by atoms with van der Waals surface area (Å²) in [6.45, 7) is 1.17. The molecule has 0 unspecified atom stereocenters. The molecule has 1 amide bonds. The smallest absolute Gasteiger partial charge is 0.411 e. The van der Waals surface area contributed by atoms with Crippen LogP contribution in [0.1, 0.15) is 38.2 Å².